The molecule has 0 spiro atoms. The molecule has 0 aliphatic rings. The molecule has 0 bridgehead atoms. The molecular formula is C12H13N5OS. The van der Waals surface area contributed by atoms with Crippen LogP contribution in [0, 0.1) is 11.3 Å². The van der Waals surface area contributed by atoms with Crippen LogP contribution < -0.4 is 5.32 Å². The average Bonchev–Trinajstić information content (AvgIpc) is 2.37. The highest BCUT2D eigenvalue weighted by molar-refractivity contribution is 7.90. The van der Waals surface area contributed by atoms with Gasteiger partial charge in [0.2, 0.25) is 0 Å². The fourth-order valence-corrected chi connectivity index (χ4v) is 2.01. The van der Waals surface area contributed by atoms with E-state index < -0.39 is 11.2 Å². The second-order valence-electron chi connectivity index (χ2n) is 4.31. The zero-order valence-electron chi connectivity index (χ0n) is 10.8. The third-order valence-electron chi connectivity index (χ3n) is 2.34. The van der Waals surface area contributed by atoms with Crippen LogP contribution in [0.4, 0.5) is 5.82 Å². The molecule has 0 saturated carbocycles. The standard InChI is InChI=1S/C12H13N5OS/c1-7(2)15-11-10-8(4-9(5-13)16-11)6-14-12(17-10)19(3)18/h4,6-7H,1-3H3,(H,15,16). The van der Waals surface area contributed by atoms with E-state index in [1.54, 1.807) is 12.3 Å². The Morgan fingerprint density at radius 3 is 2.74 bits per heavy atom. The average molecular weight is 275 g/mol. The molecule has 19 heavy (non-hydrogen) atoms. The van der Waals surface area contributed by atoms with Crippen molar-refractivity contribution in [2.75, 3.05) is 11.6 Å². The zero-order valence-corrected chi connectivity index (χ0v) is 11.7. The molecule has 0 aliphatic heterocycles. The third-order valence-corrected chi connectivity index (χ3v) is 3.05. The molecular weight excluding hydrogens is 262 g/mol. The Kier molecular flexibility index (Phi) is 3.83. The first-order valence-corrected chi connectivity index (χ1v) is 7.25. The number of pyridine rings is 1. The molecule has 2 heterocycles. The van der Waals surface area contributed by atoms with Gasteiger partial charge in [-0.3, -0.25) is 0 Å². The van der Waals surface area contributed by atoms with Gasteiger partial charge in [0.15, 0.2) is 5.82 Å². The maximum absolute atomic E-state index is 11.4. The molecule has 0 aliphatic carbocycles. The van der Waals surface area contributed by atoms with Crippen molar-refractivity contribution in [2.24, 2.45) is 0 Å². The van der Waals surface area contributed by atoms with E-state index in [0.29, 0.717) is 22.4 Å². The van der Waals surface area contributed by atoms with Crippen LogP contribution >= 0.6 is 0 Å². The van der Waals surface area contributed by atoms with Gasteiger partial charge in [-0.05, 0) is 19.9 Å². The topological polar surface area (TPSA) is 97.5 Å². The number of nitrogens with one attached hydrogen (secondary N) is 1. The predicted molar refractivity (Wildman–Crippen MR) is 73.1 cm³/mol. The minimum Gasteiger partial charge on any atom is -0.609 e. The summed E-state index contributed by atoms with van der Waals surface area (Å²) in [6.07, 6.45) is 3.08. The highest BCUT2D eigenvalue weighted by atomic mass is 32.2. The van der Waals surface area contributed by atoms with Gasteiger partial charge in [-0.2, -0.15) is 15.2 Å². The minimum absolute atomic E-state index is 0.148. The summed E-state index contributed by atoms with van der Waals surface area (Å²) in [6.45, 7) is 3.93. The van der Waals surface area contributed by atoms with Crippen LogP contribution in [0.15, 0.2) is 17.4 Å². The first-order chi connectivity index (χ1) is 9.01. The lowest BCUT2D eigenvalue weighted by Gasteiger charge is -2.12. The summed E-state index contributed by atoms with van der Waals surface area (Å²) >= 11 is -1.26. The van der Waals surface area contributed by atoms with Gasteiger partial charge in [0.1, 0.15) is 23.5 Å². The van der Waals surface area contributed by atoms with Crippen molar-refractivity contribution in [2.45, 2.75) is 25.0 Å². The predicted octanol–water partition coefficient (Wildman–Crippen LogP) is 1.45. The number of aromatic nitrogens is 3. The van der Waals surface area contributed by atoms with Crippen LogP contribution in [-0.2, 0) is 11.2 Å². The molecule has 0 aromatic carbocycles. The molecule has 1 N–H and O–H groups in total. The molecule has 2 aromatic rings. The minimum atomic E-state index is -1.26. The van der Waals surface area contributed by atoms with Crippen molar-refractivity contribution in [3.8, 4) is 6.07 Å². The molecule has 98 valence electrons. The highest BCUT2D eigenvalue weighted by Crippen LogP contribution is 2.21. The van der Waals surface area contributed by atoms with E-state index in [0.717, 1.165) is 0 Å². The molecule has 6 nitrogen and oxygen atoms in total. The number of fused-ring (bicyclic) bond motifs is 1. The van der Waals surface area contributed by atoms with Crippen LogP contribution in [-0.4, -0.2) is 31.8 Å². The second-order valence-corrected chi connectivity index (χ2v) is 5.58. The maximum Gasteiger partial charge on any atom is 0.343 e. The lowest BCUT2D eigenvalue weighted by molar-refractivity contribution is 0.593. The largest absolute Gasteiger partial charge is 0.609 e. The second kappa shape index (κ2) is 5.38. The Morgan fingerprint density at radius 1 is 1.42 bits per heavy atom. The number of rotatable bonds is 3. The van der Waals surface area contributed by atoms with E-state index in [9.17, 15) is 4.55 Å². The Bertz CT molecular complexity index is 650. The smallest absolute Gasteiger partial charge is 0.343 e. The molecule has 0 saturated heterocycles. The zero-order chi connectivity index (χ0) is 14.0. The number of nitrogens with zero attached hydrogens (tertiary/aromatic N) is 4. The summed E-state index contributed by atoms with van der Waals surface area (Å²) in [5, 5.41) is 13.1. The molecule has 1 unspecified atom stereocenters. The van der Waals surface area contributed by atoms with Crippen LogP contribution in [0.2, 0.25) is 0 Å². The van der Waals surface area contributed by atoms with Gasteiger partial charge in [0.05, 0.1) is 0 Å². The quantitative estimate of drug-likeness (QED) is 0.672. The van der Waals surface area contributed by atoms with Crippen LogP contribution in [0.3, 0.4) is 0 Å². The van der Waals surface area contributed by atoms with Gasteiger partial charge >= 0.3 is 5.16 Å². The molecule has 2 rings (SSSR count). The lowest BCUT2D eigenvalue weighted by Crippen LogP contribution is -2.13. The lowest BCUT2D eigenvalue weighted by atomic mass is 10.2. The summed E-state index contributed by atoms with van der Waals surface area (Å²) in [7, 11) is 0. The molecule has 0 amide bonds. The van der Waals surface area contributed by atoms with Crippen LogP contribution in [0.25, 0.3) is 10.9 Å². The fourth-order valence-electron chi connectivity index (χ4n) is 1.59. The molecule has 2 aromatic heterocycles. The summed E-state index contributed by atoms with van der Waals surface area (Å²) < 4.78 is 11.4. The van der Waals surface area contributed by atoms with E-state index in [1.807, 2.05) is 19.9 Å². The van der Waals surface area contributed by atoms with Gasteiger partial charge in [0.25, 0.3) is 0 Å². The van der Waals surface area contributed by atoms with Gasteiger partial charge in [0, 0.05) is 28.8 Å². The summed E-state index contributed by atoms with van der Waals surface area (Å²) in [6, 6.07) is 3.77. The summed E-state index contributed by atoms with van der Waals surface area (Å²) in [5.74, 6) is 0.512. The van der Waals surface area contributed by atoms with Crippen LogP contribution in [0.5, 0.6) is 0 Å². The van der Waals surface area contributed by atoms with Crippen molar-refractivity contribution >= 4 is 27.9 Å². The fraction of sp³-hybridized carbons (Fsp3) is 0.333. The van der Waals surface area contributed by atoms with Crippen LogP contribution in [0.1, 0.15) is 19.5 Å². The highest BCUT2D eigenvalue weighted by Gasteiger charge is 2.14. The Labute approximate surface area is 114 Å². The summed E-state index contributed by atoms with van der Waals surface area (Å²) in [4.78, 5) is 12.5. The number of nitriles is 1. The Morgan fingerprint density at radius 2 is 2.16 bits per heavy atom. The van der Waals surface area contributed by atoms with Crippen molar-refractivity contribution in [1.29, 1.82) is 5.26 Å². The Hall–Kier alpha value is -1.91. The van der Waals surface area contributed by atoms with Gasteiger partial charge < -0.3 is 9.87 Å². The van der Waals surface area contributed by atoms with E-state index in [-0.39, 0.29) is 11.2 Å². The van der Waals surface area contributed by atoms with Crippen molar-refractivity contribution in [1.82, 2.24) is 15.0 Å². The van der Waals surface area contributed by atoms with E-state index >= 15 is 0 Å². The number of anilines is 1. The van der Waals surface area contributed by atoms with Gasteiger partial charge in [-0.25, -0.2) is 4.98 Å². The van der Waals surface area contributed by atoms with Crippen molar-refractivity contribution in [3.63, 3.8) is 0 Å². The van der Waals surface area contributed by atoms with E-state index in [1.165, 1.54) is 6.26 Å². The van der Waals surface area contributed by atoms with Gasteiger partial charge in [-0.15, -0.1) is 0 Å². The SMILES string of the molecule is CC(C)Nc1nc(C#N)cc2cnc([S+](C)[O-])nc12. The van der Waals surface area contributed by atoms with Crippen molar-refractivity contribution < 1.29 is 4.55 Å². The first kappa shape index (κ1) is 13.5. The third kappa shape index (κ3) is 2.92. The van der Waals surface area contributed by atoms with E-state index in [4.69, 9.17) is 5.26 Å². The van der Waals surface area contributed by atoms with Crippen molar-refractivity contribution in [3.05, 3.63) is 18.0 Å². The monoisotopic (exact) mass is 275 g/mol. The Balaban J connectivity index is 2.66. The number of hydrogen-bond donors (Lipinski definition) is 1. The molecule has 0 radical (unpaired) electrons. The normalized spacial score (nSPS) is 12.4. The maximum atomic E-state index is 11.4. The van der Waals surface area contributed by atoms with Gasteiger partial charge in [-0.1, -0.05) is 0 Å². The number of hydrogen-bond acceptors (Lipinski definition) is 6. The first-order valence-electron chi connectivity index (χ1n) is 5.69. The van der Waals surface area contributed by atoms with E-state index in [2.05, 4.69) is 20.3 Å². The molecule has 7 heteroatoms. The summed E-state index contributed by atoms with van der Waals surface area (Å²) in [5.41, 5.74) is 0.873. The molecule has 1 atom stereocenters. The molecule has 0 fully saturated rings.